The Hall–Kier alpha value is -0.830. The maximum absolute atomic E-state index is 4.22. The zero-order valence-electron chi connectivity index (χ0n) is 7.45. The summed E-state index contributed by atoms with van der Waals surface area (Å²) in [4.78, 5) is 9.82. The zero-order chi connectivity index (χ0) is 8.39. The van der Waals surface area contributed by atoms with Crippen molar-refractivity contribution in [2.75, 3.05) is 6.54 Å². The van der Waals surface area contributed by atoms with E-state index in [2.05, 4.69) is 21.8 Å². The van der Waals surface area contributed by atoms with Gasteiger partial charge in [-0.2, -0.15) is 0 Å². The molecule has 1 atom stereocenters. The molecule has 0 bridgehead atoms. The van der Waals surface area contributed by atoms with E-state index in [0.29, 0.717) is 0 Å². The Morgan fingerprint density at radius 1 is 1.75 bits per heavy atom. The molecule has 66 valence electrons. The molecule has 1 aliphatic heterocycles. The van der Waals surface area contributed by atoms with Crippen LogP contribution in [0.15, 0.2) is 12.4 Å². The lowest BCUT2D eigenvalue weighted by molar-refractivity contribution is 0.254. The van der Waals surface area contributed by atoms with Crippen molar-refractivity contribution in [1.29, 1.82) is 0 Å². The van der Waals surface area contributed by atoms with Crippen LogP contribution in [0.3, 0.4) is 0 Å². The van der Waals surface area contributed by atoms with E-state index in [1.54, 1.807) is 0 Å². The minimum atomic E-state index is 0.732. The van der Waals surface area contributed by atoms with Crippen LogP contribution in [0.2, 0.25) is 0 Å². The summed E-state index contributed by atoms with van der Waals surface area (Å²) in [6.07, 6.45) is 6.37. The molecule has 1 N–H and O–H groups in total. The maximum Gasteiger partial charge on any atom is 0.120 e. The summed E-state index contributed by atoms with van der Waals surface area (Å²) >= 11 is 0. The Bertz CT molecular complexity index is 230. The third-order valence-electron chi connectivity index (χ3n) is 2.60. The normalized spacial score (nSPS) is 24.9. The molecule has 2 rings (SSSR count). The predicted octanol–water partition coefficient (Wildman–Crippen LogP) is 1.39. The predicted molar refractivity (Wildman–Crippen MR) is 47.7 cm³/mol. The molecule has 12 heavy (non-hydrogen) atoms. The van der Waals surface area contributed by atoms with Crippen molar-refractivity contribution in [3.63, 3.8) is 0 Å². The molecule has 0 amide bonds. The van der Waals surface area contributed by atoms with Gasteiger partial charge in [0.1, 0.15) is 5.82 Å². The van der Waals surface area contributed by atoms with Gasteiger partial charge in [-0.25, -0.2) is 4.98 Å². The number of rotatable bonds is 2. The number of aromatic amines is 1. The number of H-pyrrole nitrogens is 1. The summed E-state index contributed by atoms with van der Waals surface area (Å²) in [6.45, 7) is 4.49. The second kappa shape index (κ2) is 3.27. The van der Waals surface area contributed by atoms with Crippen molar-refractivity contribution in [1.82, 2.24) is 14.9 Å². The van der Waals surface area contributed by atoms with Crippen molar-refractivity contribution in [2.45, 2.75) is 32.4 Å². The Balaban J connectivity index is 1.95. The molecule has 2 heterocycles. The third kappa shape index (κ3) is 1.50. The standard InChI is InChI=1S/C9H15N3/c1-8-3-2-6-12(8)7-9-10-4-5-11-9/h4-5,8H,2-3,6-7H2,1H3,(H,10,11). The highest BCUT2D eigenvalue weighted by Gasteiger charge is 2.20. The summed E-state index contributed by atoms with van der Waals surface area (Å²) < 4.78 is 0. The molecule has 0 radical (unpaired) electrons. The van der Waals surface area contributed by atoms with E-state index in [9.17, 15) is 0 Å². The average molecular weight is 165 g/mol. The first kappa shape index (κ1) is 7.80. The first-order chi connectivity index (χ1) is 5.86. The number of nitrogens with zero attached hydrogens (tertiary/aromatic N) is 2. The van der Waals surface area contributed by atoms with Crippen LogP contribution in [0.1, 0.15) is 25.6 Å². The van der Waals surface area contributed by atoms with Gasteiger partial charge in [-0.05, 0) is 26.3 Å². The highest BCUT2D eigenvalue weighted by molar-refractivity contribution is 4.89. The van der Waals surface area contributed by atoms with Gasteiger partial charge in [-0.1, -0.05) is 0 Å². The fraction of sp³-hybridized carbons (Fsp3) is 0.667. The Morgan fingerprint density at radius 2 is 2.67 bits per heavy atom. The van der Waals surface area contributed by atoms with E-state index in [1.807, 2.05) is 12.4 Å². The molecule has 0 saturated carbocycles. The van der Waals surface area contributed by atoms with E-state index in [-0.39, 0.29) is 0 Å². The van der Waals surface area contributed by atoms with Crippen LogP contribution in [-0.2, 0) is 6.54 Å². The van der Waals surface area contributed by atoms with Gasteiger partial charge in [0.2, 0.25) is 0 Å². The summed E-state index contributed by atoms with van der Waals surface area (Å²) in [6, 6.07) is 0.732. The zero-order valence-corrected chi connectivity index (χ0v) is 7.45. The smallest absolute Gasteiger partial charge is 0.120 e. The second-order valence-electron chi connectivity index (χ2n) is 3.50. The molecule has 1 aromatic rings. The van der Waals surface area contributed by atoms with Crippen LogP contribution in [0, 0.1) is 0 Å². The molecule has 1 aromatic heterocycles. The molecular formula is C9H15N3. The topological polar surface area (TPSA) is 31.9 Å². The van der Waals surface area contributed by atoms with E-state index in [4.69, 9.17) is 0 Å². The Kier molecular flexibility index (Phi) is 2.13. The monoisotopic (exact) mass is 165 g/mol. The SMILES string of the molecule is CC1CCCN1Cc1ncc[nH]1. The molecular weight excluding hydrogens is 150 g/mol. The molecule has 0 spiro atoms. The van der Waals surface area contributed by atoms with Crippen LogP contribution in [-0.4, -0.2) is 27.5 Å². The number of imidazole rings is 1. The molecule has 0 aliphatic carbocycles. The molecule has 1 fully saturated rings. The van der Waals surface area contributed by atoms with Gasteiger partial charge < -0.3 is 4.98 Å². The molecule has 0 aromatic carbocycles. The number of hydrogen-bond acceptors (Lipinski definition) is 2. The van der Waals surface area contributed by atoms with Crippen LogP contribution in [0.5, 0.6) is 0 Å². The van der Waals surface area contributed by atoms with Gasteiger partial charge >= 0.3 is 0 Å². The third-order valence-corrected chi connectivity index (χ3v) is 2.60. The first-order valence-corrected chi connectivity index (χ1v) is 4.58. The van der Waals surface area contributed by atoms with E-state index >= 15 is 0 Å². The van der Waals surface area contributed by atoms with Crippen molar-refractivity contribution in [2.24, 2.45) is 0 Å². The van der Waals surface area contributed by atoms with Crippen LogP contribution in [0.4, 0.5) is 0 Å². The van der Waals surface area contributed by atoms with Gasteiger partial charge in [0.05, 0.1) is 6.54 Å². The lowest BCUT2D eigenvalue weighted by atomic mass is 10.2. The van der Waals surface area contributed by atoms with Crippen LogP contribution < -0.4 is 0 Å². The molecule has 1 unspecified atom stereocenters. The largest absolute Gasteiger partial charge is 0.348 e. The summed E-state index contributed by atoms with van der Waals surface area (Å²) in [5.74, 6) is 1.09. The van der Waals surface area contributed by atoms with Gasteiger partial charge in [-0.15, -0.1) is 0 Å². The highest BCUT2D eigenvalue weighted by atomic mass is 15.2. The number of hydrogen-bond donors (Lipinski definition) is 1. The summed E-state index contributed by atoms with van der Waals surface area (Å²) in [5.41, 5.74) is 0. The van der Waals surface area contributed by atoms with Crippen LogP contribution >= 0.6 is 0 Å². The van der Waals surface area contributed by atoms with Gasteiger partial charge in [0, 0.05) is 18.4 Å². The van der Waals surface area contributed by atoms with Crippen molar-refractivity contribution in [3.8, 4) is 0 Å². The lowest BCUT2D eigenvalue weighted by Crippen LogP contribution is -2.26. The Labute approximate surface area is 72.8 Å². The fourth-order valence-corrected chi connectivity index (χ4v) is 1.80. The minimum absolute atomic E-state index is 0.732. The first-order valence-electron chi connectivity index (χ1n) is 4.58. The van der Waals surface area contributed by atoms with Crippen molar-refractivity contribution >= 4 is 0 Å². The molecule has 1 aliphatic rings. The highest BCUT2D eigenvalue weighted by Crippen LogP contribution is 2.17. The second-order valence-corrected chi connectivity index (χ2v) is 3.50. The fourth-order valence-electron chi connectivity index (χ4n) is 1.80. The maximum atomic E-state index is 4.22. The molecule has 1 saturated heterocycles. The van der Waals surface area contributed by atoms with Gasteiger partial charge in [0.25, 0.3) is 0 Å². The van der Waals surface area contributed by atoms with Gasteiger partial charge in [-0.3, -0.25) is 4.90 Å². The minimum Gasteiger partial charge on any atom is -0.348 e. The van der Waals surface area contributed by atoms with Crippen LogP contribution in [0.25, 0.3) is 0 Å². The van der Waals surface area contributed by atoms with E-state index in [1.165, 1.54) is 19.4 Å². The van der Waals surface area contributed by atoms with Gasteiger partial charge in [0.15, 0.2) is 0 Å². The number of nitrogens with one attached hydrogen (secondary N) is 1. The summed E-state index contributed by atoms with van der Waals surface area (Å²) in [5, 5.41) is 0. The Morgan fingerprint density at radius 3 is 3.25 bits per heavy atom. The summed E-state index contributed by atoms with van der Waals surface area (Å²) in [7, 11) is 0. The molecule has 3 nitrogen and oxygen atoms in total. The average Bonchev–Trinajstić information content (AvgIpc) is 2.65. The quantitative estimate of drug-likeness (QED) is 0.718. The van der Waals surface area contributed by atoms with Crippen molar-refractivity contribution < 1.29 is 0 Å². The molecule has 3 heteroatoms. The van der Waals surface area contributed by atoms with E-state index in [0.717, 1.165) is 18.4 Å². The van der Waals surface area contributed by atoms with Crippen molar-refractivity contribution in [3.05, 3.63) is 18.2 Å². The van der Waals surface area contributed by atoms with E-state index < -0.39 is 0 Å². The number of likely N-dealkylation sites (tertiary alicyclic amines) is 1. The lowest BCUT2D eigenvalue weighted by Gasteiger charge is -2.18. The number of aromatic nitrogens is 2.